The number of carbonyl (C=O) groups excluding carboxylic acids is 1. The number of hydrogen-bond donors (Lipinski definition) is 2. The summed E-state index contributed by atoms with van der Waals surface area (Å²) in [6.07, 6.45) is 2.39. The highest BCUT2D eigenvalue weighted by atomic mass is 32.2. The third-order valence-corrected chi connectivity index (χ3v) is 4.50. The second-order valence-corrected chi connectivity index (χ2v) is 6.40. The average molecular weight is 332 g/mol. The van der Waals surface area contributed by atoms with E-state index < -0.39 is 0 Å². The smallest absolute Gasteiger partial charge is 0.229 e. The van der Waals surface area contributed by atoms with E-state index in [1.54, 1.807) is 7.05 Å². The van der Waals surface area contributed by atoms with Crippen molar-refractivity contribution in [2.24, 2.45) is 4.99 Å². The Morgan fingerprint density at radius 3 is 2.96 bits per heavy atom. The Morgan fingerprint density at radius 1 is 1.48 bits per heavy atom. The van der Waals surface area contributed by atoms with Crippen LogP contribution in [0, 0.1) is 0 Å². The van der Waals surface area contributed by atoms with E-state index in [1.165, 1.54) is 0 Å². The predicted octanol–water partition coefficient (Wildman–Crippen LogP) is 1.88. The van der Waals surface area contributed by atoms with E-state index >= 15 is 0 Å². The molecule has 0 radical (unpaired) electrons. The van der Waals surface area contributed by atoms with Crippen LogP contribution in [0.3, 0.4) is 0 Å². The lowest BCUT2D eigenvalue weighted by Gasteiger charge is -2.19. The zero-order valence-corrected chi connectivity index (χ0v) is 14.3. The summed E-state index contributed by atoms with van der Waals surface area (Å²) in [7, 11) is 1.75. The fourth-order valence-electron chi connectivity index (χ4n) is 2.46. The first-order valence-electron chi connectivity index (χ1n) is 7.76. The lowest BCUT2D eigenvalue weighted by atomic mass is 10.2. The maximum Gasteiger partial charge on any atom is 0.229 e. The van der Waals surface area contributed by atoms with Gasteiger partial charge in [-0.15, -0.1) is 6.58 Å². The average Bonchev–Trinajstić information content (AvgIpc) is 2.94. The van der Waals surface area contributed by atoms with Gasteiger partial charge in [0.25, 0.3) is 0 Å². The summed E-state index contributed by atoms with van der Waals surface area (Å²) in [6.45, 7) is 5.20. The maximum absolute atomic E-state index is 12.2. The highest BCUT2D eigenvalue weighted by Gasteiger charge is 2.30. The minimum Gasteiger partial charge on any atom is -0.356 e. The van der Waals surface area contributed by atoms with Crippen LogP contribution in [0.15, 0.2) is 48.0 Å². The van der Waals surface area contributed by atoms with Crippen molar-refractivity contribution in [1.82, 2.24) is 10.6 Å². The molecule has 1 aliphatic heterocycles. The molecule has 1 fully saturated rings. The monoisotopic (exact) mass is 332 g/mol. The van der Waals surface area contributed by atoms with E-state index in [4.69, 9.17) is 0 Å². The molecule has 1 heterocycles. The van der Waals surface area contributed by atoms with Gasteiger partial charge in [0.05, 0.1) is 6.04 Å². The number of carbonyl (C=O) groups is 1. The molecule has 6 heteroatoms. The molecule has 0 aromatic heterocycles. The fourth-order valence-corrected chi connectivity index (χ4v) is 3.04. The van der Waals surface area contributed by atoms with Crippen molar-refractivity contribution in [3.8, 4) is 0 Å². The summed E-state index contributed by atoms with van der Waals surface area (Å²) in [6, 6.07) is 9.86. The molecular weight excluding hydrogens is 308 g/mol. The van der Waals surface area contributed by atoms with Crippen LogP contribution in [0.4, 0.5) is 5.69 Å². The lowest BCUT2D eigenvalue weighted by Crippen LogP contribution is -2.45. The van der Waals surface area contributed by atoms with Gasteiger partial charge in [-0.2, -0.15) is 11.8 Å². The van der Waals surface area contributed by atoms with Crippen LogP contribution in [0.25, 0.3) is 0 Å². The Labute approximate surface area is 142 Å². The summed E-state index contributed by atoms with van der Waals surface area (Å²) >= 11 is 1.82. The van der Waals surface area contributed by atoms with Crippen molar-refractivity contribution in [3.63, 3.8) is 0 Å². The van der Waals surface area contributed by atoms with Crippen molar-refractivity contribution < 1.29 is 4.79 Å². The number of nitrogens with zero attached hydrogens (tertiary/aromatic N) is 2. The molecule has 2 N–H and O–H groups in total. The van der Waals surface area contributed by atoms with Crippen LogP contribution in [-0.4, -0.2) is 49.6 Å². The Hall–Kier alpha value is -1.95. The molecule has 0 bridgehead atoms. The molecule has 0 spiro atoms. The molecule has 5 nitrogen and oxygen atoms in total. The molecule has 1 aromatic carbocycles. The summed E-state index contributed by atoms with van der Waals surface area (Å²) in [4.78, 5) is 18.3. The van der Waals surface area contributed by atoms with E-state index in [9.17, 15) is 4.79 Å². The first kappa shape index (κ1) is 17.4. The maximum atomic E-state index is 12.2. The molecule has 1 aliphatic rings. The summed E-state index contributed by atoms with van der Waals surface area (Å²) in [5.41, 5.74) is 0.950. The third kappa shape index (κ3) is 5.32. The van der Waals surface area contributed by atoms with Gasteiger partial charge < -0.3 is 15.5 Å². The van der Waals surface area contributed by atoms with E-state index in [2.05, 4.69) is 22.2 Å². The van der Waals surface area contributed by atoms with Crippen LogP contribution in [0.1, 0.15) is 6.42 Å². The largest absolute Gasteiger partial charge is 0.356 e. The molecule has 124 valence electrons. The van der Waals surface area contributed by atoms with Crippen LogP contribution in [0.2, 0.25) is 0 Å². The van der Waals surface area contributed by atoms with Gasteiger partial charge in [-0.05, 0) is 12.1 Å². The second kappa shape index (κ2) is 9.25. The van der Waals surface area contributed by atoms with E-state index in [-0.39, 0.29) is 11.9 Å². The van der Waals surface area contributed by atoms with Gasteiger partial charge in [-0.25, -0.2) is 0 Å². The summed E-state index contributed by atoms with van der Waals surface area (Å²) < 4.78 is 0. The molecular formula is C17H24N4OS. The van der Waals surface area contributed by atoms with Crippen molar-refractivity contribution in [1.29, 1.82) is 0 Å². The van der Waals surface area contributed by atoms with E-state index in [0.29, 0.717) is 13.0 Å². The zero-order chi connectivity index (χ0) is 16.5. The number of benzene rings is 1. The second-order valence-electron chi connectivity index (χ2n) is 5.25. The van der Waals surface area contributed by atoms with Gasteiger partial charge >= 0.3 is 0 Å². The number of aliphatic imine (C=N–C) groups is 1. The number of para-hydroxylation sites is 1. The number of nitrogens with one attached hydrogen (secondary N) is 2. The molecule has 1 atom stereocenters. The number of hydrogen-bond acceptors (Lipinski definition) is 3. The molecule has 2 rings (SSSR count). The number of guanidine groups is 1. The van der Waals surface area contributed by atoms with Gasteiger partial charge in [0, 0.05) is 43.8 Å². The highest BCUT2D eigenvalue weighted by molar-refractivity contribution is 7.99. The van der Waals surface area contributed by atoms with Crippen molar-refractivity contribution in [3.05, 3.63) is 43.0 Å². The fraction of sp³-hybridized carbons (Fsp3) is 0.412. The van der Waals surface area contributed by atoms with Gasteiger partial charge in [-0.3, -0.25) is 9.79 Å². The number of anilines is 1. The quantitative estimate of drug-likeness (QED) is 0.346. The van der Waals surface area contributed by atoms with Crippen LogP contribution in [-0.2, 0) is 4.79 Å². The molecule has 0 aliphatic carbocycles. The number of rotatable bonds is 7. The minimum absolute atomic E-state index is 0.0785. The molecule has 1 unspecified atom stereocenters. The van der Waals surface area contributed by atoms with Gasteiger partial charge in [0.15, 0.2) is 5.96 Å². The van der Waals surface area contributed by atoms with Crippen LogP contribution in [0.5, 0.6) is 0 Å². The Balaban J connectivity index is 1.81. The lowest BCUT2D eigenvalue weighted by molar-refractivity contribution is -0.117. The Bertz CT molecular complexity index is 547. The van der Waals surface area contributed by atoms with Gasteiger partial charge in [0.1, 0.15) is 0 Å². The standard InChI is InChI=1S/C17H24N4OS/c1-3-10-23-11-9-19-17(18-2)20-14-12-16(22)21(13-14)15-7-5-4-6-8-15/h3-8,14H,1,9-13H2,2H3,(H2,18,19,20). The SMILES string of the molecule is C=CCSCCNC(=NC)NC1CC(=O)N(c2ccccc2)C1. The number of thioether (sulfide) groups is 1. The van der Waals surface area contributed by atoms with Gasteiger partial charge in [0.2, 0.25) is 5.91 Å². The van der Waals surface area contributed by atoms with Crippen molar-refractivity contribution in [2.45, 2.75) is 12.5 Å². The summed E-state index contributed by atoms with van der Waals surface area (Å²) in [5, 5.41) is 6.61. The zero-order valence-electron chi connectivity index (χ0n) is 13.5. The summed E-state index contributed by atoms with van der Waals surface area (Å²) in [5.74, 6) is 2.84. The van der Waals surface area contributed by atoms with Crippen molar-refractivity contribution in [2.75, 3.05) is 36.5 Å². The van der Waals surface area contributed by atoms with Crippen molar-refractivity contribution >= 4 is 29.3 Å². The van der Waals surface area contributed by atoms with Crippen LogP contribution < -0.4 is 15.5 Å². The first-order valence-corrected chi connectivity index (χ1v) is 8.91. The van der Waals surface area contributed by atoms with Crippen LogP contribution >= 0.6 is 11.8 Å². The normalized spacial score (nSPS) is 18.1. The van der Waals surface area contributed by atoms with E-state index in [1.807, 2.05) is 53.1 Å². The minimum atomic E-state index is 0.0785. The van der Waals surface area contributed by atoms with E-state index in [0.717, 1.165) is 29.7 Å². The molecule has 1 amide bonds. The number of amides is 1. The Kier molecular flexibility index (Phi) is 7.00. The highest BCUT2D eigenvalue weighted by Crippen LogP contribution is 2.20. The molecule has 0 saturated carbocycles. The molecule has 1 aromatic rings. The molecule has 23 heavy (non-hydrogen) atoms. The molecule has 1 saturated heterocycles. The first-order chi connectivity index (χ1) is 11.2. The third-order valence-electron chi connectivity index (χ3n) is 3.53. The Morgan fingerprint density at radius 2 is 2.26 bits per heavy atom. The van der Waals surface area contributed by atoms with Gasteiger partial charge in [-0.1, -0.05) is 24.3 Å². The predicted molar refractivity (Wildman–Crippen MR) is 99.2 cm³/mol. The topological polar surface area (TPSA) is 56.7 Å².